The third-order valence-electron chi connectivity index (χ3n) is 12.3. The number of aliphatic carboxylic acids is 1. The van der Waals surface area contributed by atoms with Gasteiger partial charge < -0.3 is 46.3 Å². The molecule has 0 atom stereocenters. The Hall–Kier alpha value is -9.76. The van der Waals surface area contributed by atoms with Crippen LogP contribution in [0.4, 0.5) is 29.2 Å². The number of nitrogens with one attached hydrogen (secondary N) is 1. The van der Waals surface area contributed by atoms with Crippen molar-refractivity contribution in [3.05, 3.63) is 191 Å². The Morgan fingerprint density at radius 3 is 1.38 bits per heavy atom. The van der Waals surface area contributed by atoms with E-state index >= 15 is 0 Å². The van der Waals surface area contributed by atoms with Gasteiger partial charge in [0.05, 0.1) is 51.7 Å². The van der Waals surface area contributed by atoms with Gasteiger partial charge in [-0.25, -0.2) is 42.3 Å². The van der Waals surface area contributed by atoms with Crippen LogP contribution in [0.25, 0.3) is 57.1 Å². The first-order valence-corrected chi connectivity index (χ1v) is 24.4. The molecule has 2 saturated heterocycles. The zero-order valence-corrected chi connectivity index (χ0v) is 42.6. The van der Waals surface area contributed by atoms with Crippen LogP contribution in [-0.4, -0.2) is 96.6 Å². The van der Waals surface area contributed by atoms with E-state index in [1.165, 1.54) is 18.3 Å². The minimum Gasteiger partial charge on any atom is -0.478 e. The van der Waals surface area contributed by atoms with E-state index in [9.17, 15) is 36.7 Å². The van der Waals surface area contributed by atoms with E-state index in [0.29, 0.717) is 51.6 Å². The number of anilines is 2. The molecule has 2 fully saturated rings. The highest BCUT2D eigenvalue weighted by Crippen LogP contribution is 2.33. The molecular formula is C59H56F4N10O7. The van der Waals surface area contributed by atoms with Crippen LogP contribution in [0.2, 0.25) is 0 Å². The molecule has 4 aromatic carbocycles. The predicted octanol–water partition coefficient (Wildman–Crippen LogP) is 9.98. The van der Waals surface area contributed by atoms with Gasteiger partial charge in [-0.1, -0.05) is 68.1 Å². The average Bonchev–Trinajstić information content (AvgIpc) is 4.13. The molecule has 2 aliphatic heterocycles. The standard InChI is InChI=1S/C29H25F2N5O3.C21H19F2N3O2.C8H8N2O2.CH4/c1-18-12-22(20-4-6-21(7-5-20)28(38)36-16-29(30,31)17-36)8-9-23(18)24-14-35-27(39-24)15-34-26(37)11-3-19-2-10-25(32)33-13-19;1-13-8-16(6-7-17(13)18-10-25-19(9-24)28-18)14-2-4-15(5-3-14)20(27)26-11-21(22,23)12-26;9-7-3-1-6(5-10-7)2-4-8(11)12;/h2-14H,15-17H2,1H3,(H2,32,33)(H,34,37);2-8,10H,9,11-12,24H2,1H3;1-5H,(H2,9,10)(H,11,12);1H4/b11-3+;;4-2+;. The van der Waals surface area contributed by atoms with Crippen LogP contribution in [-0.2, 0) is 22.7 Å². The van der Waals surface area contributed by atoms with Crippen molar-refractivity contribution in [2.24, 2.45) is 5.73 Å². The van der Waals surface area contributed by atoms with Crippen molar-refractivity contribution in [2.75, 3.05) is 37.6 Å². The van der Waals surface area contributed by atoms with Gasteiger partial charge in [-0.2, -0.15) is 0 Å². The Morgan fingerprint density at radius 1 is 0.588 bits per heavy atom. The molecule has 10 rings (SSSR count). The van der Waals surface area contributed by atoms with E-state index < -0.39 is 49.9 Å². The summed E-state index contributed by atoms with van der Waals surface area (Å²) in [7, 11) is 0. The van der Waals surface area contributed by atoms with Crippen molar-refractivity contribution in [3.63, 3.8) is 0 Å². The topological polar surface area (TPSA) is 263 Å². The second-order valence-electron chi connectivity index (χ2n) is 18.4. The number of likely N-dealkylation sites (tertiary alicyclic amines) is 2. The Bertz CT molecular complexity index is 3530. The van der Waals surface area contributed by atoms with Gasteiger partial charge >= 0.3 is 5.97 Å². The summed E-state index contributed by atoms with van der Waals surface area (Å²) in [6.07, 6.45) is 11.9. The van der Waals surface area contributed by atoms with Crippen molar-refractivity contribution in [2.45, 2.75) is 46.2 Å². The molecule has 0 radical (unpaired) electrons. The zero-order valence-electron chi connectivity index (χ0n) is 42.6. The molecule has 3 amide bonds. The number of carboxylic acid groups (broad SMARTS) is 1. The summed E-state index contributed by atoms with van der Waals surface area (Å²) in [5.74, 6) is -4.69. The van der Waals surface area contributed by atoms with Gasteiger partial charge in [-0.3, -0.25) is 14.4 Å². The number of carboxylic acids is 1. The van der Waals surface area contributed by atoms with Gasteiger partial charge in [0.2, 0.25) is 17.7 Å². The SMILES string of the molecule is C.Cc1cc(-c2ccc(C(=O)N3CC(F)(F)C3)cc2)ccc1-c1cnc(CN)o1.Cc1cc(-c2ccc(C(=O)N3CC(F)(F)C3)cc2)ccc1-c1cnc(CNC(=O)/C=C/c2ccc(N)nc2)o1.Nc1ccc(/C=C/C(=O)O)cn1. The van der Waals surface area contributed by atoms with E-state index in [0.717, 1.165) is 65.9 Å². The first-order valence-electron chi connectivity index (χ1n) is 24.4. The number of aryl methyl sites for hydroxylation is 2. The summed E-state index contributed by atoms with van der Waals surface area (Å²) in [5, 5.41) is 11.0. The zero-order chi connectivity index (χ0) is 56.4. The molecule has 0 unspecified atom stereocenters. The Kier molecular flexibility index (Phi) is 18.2. The summed E-state index contributed by atoms with van der Waals surface area (Å²) >= 11 is 0. The number of nitrogens with two attached hydrogens (primary N) is 3. The van der Waals surface area contributed by atoms with Gasteiger partial charge in [0, 0.05) is 46.8 Å². The number of rotatable bonds is 13. The van der Waals surface area contributed by atoms with Crippen molar-refractivity contribution in [3.8, 4) is 44.9 Å². The van der Waals surface area contributed by atoms with E-state index in [1.54, 1.807) is 85.3 Å². The number of oxazole rings is 2. The normalized spacial score (nSPS) is 13.9. The van der Waals surface area contributed by atoms with Gasteiger partial charge in [-0.05, 0) is 119 Å². The number of nitrogens with zero attached hydrogens (tertiary/aromatic N) is 6. The second-order valence-corrected chi connectivity index (χ2v) is 18.4. The summed E-state index contributed by atoms with van der Waals surface area (Å²) in [4.78, 5) is 65.2. The number of hydrogen-bond acceptors (Lipinski definition) is 13. The quantitative estimate of drug-likeness (QED) is 0.0532. The molecule has 17 nitrogen and oxygen atoms in total. The highest BCUT2D eigenvalue weighted by atomic mass is 19.3. The molecule has 2 aliphatic rings. The number of nitrogen functional groups attached to an aromatic ring is 2. The monoisotopic (exact) mass is 1090 g/mol. The van der Waals surface area contributed by atoms with Gasteiger partial charge in [0.25, 0.3) is 23.7 Å². The number of aromatic nitrogens is 4. The highest BCUT2D eigenvalue weighted by molar-refractivity contribution is 5.96. The molecule has 0 saturated carbocycles. The lowest BCUT2D eigenvalue weighted by atomic mass is 9.98. The molecule has 8 aromatic rings. The van der Waals surface area contributed by atoms with Gasteiger partial charge in [0.15, 0.2) is 11.5 Å². The summed E-state index contributed by atoms with van der Waals surface area (Å²) in [5.41, 5.74) is 26.1. The van der Waals surface area contributed by atoms with E-state index in [-0.39, 0.29) is 32.3 Å². The molecule has 21 heteroatoms. The van der Waals surface area contributed by atoms with Crippen LogP contribution in [0.15, 0.2) is 155 Å². The number of carbonyl (C=O) groups excluding carboxylic acids is 3. The molecule has 0 bridgehead atoms. The van der Waals surface area contributed by atoms with E-state index in [1.807, 2.05) is 62.4 Å². The van der Waals surface area contributed by atoms with Gasteiger partial charge in [-0.15, -0.1) is 0 Å². The van der Waals surface area contributed by atoms with Crippen molar-refractivity contribution >= 4 is 47.5 Å². The summed E-state index contributed by atoms with van der Waals surface area (Å²) in [6.45, 7) is 2.20. The number of alkyl halides is 4. The van der Waals surface area contributed by atoms with E-state index in [4.69, 9.17) is 31.1 Å². The van der Waals surface area contributed by atoms with Crippen LogP contribution >= 0.6 is 0 Å². The molecule has 0 aliphatic carbocycles. The number of pyridine rings is 2. The number of halogens is 4. The highest BCUT2D eigenvalue weighted by Gasteiger charge is 2.47. The minimum atomic E-state index is -2.79. The lowest BCUT2D eigenvalue weighted by Crippen LogP contribution is -2.58. The first-order chi connectivity index (χ1) is 37.7. The maximum Gasteiger partial charge on any atom is 0.328 e. The number of amides is 3. The van der Waals surface area contributed by atoms with Crippen LogP contribution < -0.4 is 22.5 Å². The second kappa shape index (κ2) is 25.1. The average molecular weight is 1090 g/mol. The molecule has 0 spiro atoms. The van der Waals surface area contributed by atoms with Crippen molar-refractivity contribution in [1.82, 2.24) is 35.1 Å². The largest absolute Gasteiger partial charge is 0.478 e. The minimum absolute atomic E-state index is 0. The Morgan fingerprint density at radius 2 is 1.00 bits per heavy atom. The Balaban J connectivity index is 0.000000196. The maximum atomic E-state index is 13.1. The number of benzene rings is 4. The fraction of sp³-hybridized carbons (Fsp3) is 0.186. The predicted molar refractivity (Wildman–Crippen MR) is 295 cm³/mol. The fourth-order valence-electron chi connectivity index (χ4n) is 8.16. The van der Waals surface area contributed by atoms with Gasteiger partial charge in [0.1, 0.15) is 11.6 Å². The molecule has 6 heterocycles. The lowest BCUT2D eigenvalue weighted by molar-refractivity contribution is -0.131. The maximum absolute atomic E-state index is 13.1. The summed E-state index contributed by atoms with van der Waals surface area (Å²) in [6, 6.07) is 32.4. The molecule has 4 aromatic heterocycles. The summed E-state index contributed by atoms with van der Waals surface area (Å²) < 4.78 is 63.5. The van der Waals surface area contributed by atoms with Crippen LogP contribution in [0.1, 0.15) is 62.2 Å². The number of hydrogen-bond donors (Lipinski definition) is 5. The first kappa shape index (κ1) is 57.9. The third kappa shape index (κ3) is 15.0. The van der Waals surface area contributed by atoms with Crippen molar-refractivity contribution in [1.29, 1.82) is 0 Å². The van der Waals surface area contributed by atoms with Crippen molar-refractivity contribution < 1.29 is 50.7 Å². The van der Waals surface area contributed by atoms with E-state index in [2.05, 4.69) is 25.3 Å². The third-order valence-corrected chi connectivity index (χ3v) is 12.3. The number of carbonyl (C=O) groups is 4. The fourth-order valence-corrected chi connectivity index (χ4v) is 8.16. The Labute approximate surface area is 457 Å². The molecule has 8 N–H and O–H groups in total. The molecular weight excluding hydrogens is 1040 g/mol. The van der Waals surface area contributed by atoms with Crippen LogP contribution in [0, 0.1) is 13.8 Å². The molecule has 412 valence electrons. The van der Waals surface area contributed by atoms with Crippen LogP contribution in [0.3, 0.4) is 0 Å². The van der Waals surface area contributed by atoms with Crippen LogP contribution in [0.5, 0.6) is 0 Å². The lowest BCUT2D eigenvalue weighted by Gasteiger charge is -2.38. The molecule has 80 heavy (non-hydrogen) atoms. The smallest absolute Gasteiger partial charge is 0.328 e.